The summed E-state index contributed by atoms with van der Waals surface area (Å²) in [5, 5.41) is 8.77. The molecule has 6 nitrogen and oxygen atoms in total. The summed E-state index contributed by atoms with van der Waals surface area (Å²) in [5.74, 6) is -1.85. The SMILES string of the molecule is O=C(Cl)c1nc(C(F)(F)F)cc(OC(F)(F)F)c1[N+](=O)[O-]. The van der Waals surface area contributed by atoms with Crippen LogP contribution in [-0.2, 0) is 6.18 Å². The molecular formula is C8HClF6N2O4. The van der Waals surface area contributed by atoms with Gasteiger partial charge in [0.2, 0.25) is 11.4 Å². The molecule has 116 valence electrons. The maximum absolute atomic E-state index is 12.5. The average Bonchev–Trinajstić information content (AvgIpc) is 2.23. The zero-order chi connectivity index (χ0) is 16.6. The van der Waals surface area contributed by atoms with E-state index in [0.29, 0.717) is 0 Å². The van der Waals surface area contributed by atoms with Crippen molar-refractivity contribution in [3.63, 3.8) is 0 Å². The molecule has 0 unspecified atom stereocenters. The molecule has 0 aliphatic carbocycles. The van der Waals surface area contributed by atoms with E-state index in [4.69, 9.17) is 11.6 Å². The van der Waals surface area contributed by atoms with E-state index in [1.54, 1.807) is 0 Å². The molecule has 0 fully saturated rings. The van der Waals surface area contributed by atoms with Crippen LogP contribution in [-0.4, -0.2) is 21.5 Å². The largest absolute Gasteiger partial charge is 0.573 e. The average molecular weight is 339 g/mol. The number of hydrogen-bond acceptors (Lipinski definition) is 5. The predicted molar refractivity (Wildman–Crippen MR) is 52.8 cm³/mol. The molecule has 0 spiro atoms. The summed E-state index contributed by atoms with van der Waals surface area (Å²) >= 11 is 4.81. The highest BCUT2D eigenvalue weighted by Gasteiger charge is 2.42. The Hall–Kier alpha value is -2.11. The number of hydrogen-bond donors (Lipinski definition) is 0. The van der Waals surface area contributed by atoms with Crippen molar-refractivity contribution in [2.45, 2.75) is 12.5 Å². The van der Waals surface area contributed by atoms with Crippen molar-refractivity contribution in [1.29, 1.82) is 0 Å². The number of aromatic nitrogens is 1. The summed E-state index contributed by atoms with van der Waals surface area (Å²) in [6.45, 7) is 0. The van der Waals surface area contributed by atoms with Crippen LogP contribution in [0.15, 0.2) is 6.07 Å². The standard InChI is InChI=1S/C8HClF6N2O4/c9-6(18)4-5(17(19)20)2(21-8(13,14)15)1-3(16-4)7(10,11)12/h1H. The van der Waals surface area contributed by atoms with Crippen molar-refractivity contribution in [2.24, 2.45) is 0 Å². The van der Waals surface area contributed by atoms with Crippen LogP contribution in [0.1, 0.15) is 16.2 Å². The van der Waals surface area contributed by atoms with E-state index < -0.39 is 45.5 Å². The molecule has 1 aromatic rings. The monoisotopic (exact) mass is 338 g/mol. The van der Waals surface area contributed by atoms with Crippen molar-refractivity contribution in [2.75, 3.05) is 0 Å². The van der Waals surface area contributed by atoms with Crippen LogP contribution < -0.4 is 4.74 Å². The van der Waals surface area contributed by atoms with E-state index in [2.05, 4.69) is 9.72 Å². The van der Waals surface area contributed by atoms with Crippen LogP contribution in [0.4, 0.5) is 32.0 Å². The van der Waals surface area contributed by atoms with E-state index in [0.717, 1.165) is 0 Å². The number of rotatable bonds is 3. The fourth-order valence-electron chi connectivity index (χ4n) is 1.18. The first-order valence-corrected chi connectivity index (χ1v) is 4.93. The number of carbonyl (C=O) groups is 1. The van der Waals surface area contributed by atoms with E-state index in [1.807, 2.05) is 0 Å². The predicted octanol–water partition coefficient (Wildman–Crippen LogP) is 3.29. The van der Waals surface area contributed by atoms with Gasteiger partial charge in [0, 0.05) is 6.07 Å². The second kappa shape index (κ2) is 5.35. The van der Waals surface area contributed by atoms with Gasteiger partial charge in [0.25, 0.3) is 5.24 Å². The van der Waals surface area contributed by atoms with Gasteiger partial charge in [0.05, 0.1) is 4.92 Å². The van der Waals surface area contributed by atoms with Gasteiger partial charge < -0.3 is 4.74 Å². The molecule has 1 rings (SSSR count). The first kappa shape index (κ1) is 16.9. The molecule has 0 N–H and O–H groups in total. The van der Waals surface area contributed by atoms with Crippen LogP contribution in [0.5, 0.6) is 5.75 Å². The molecule has 0 bridgehead atoms. The third-order valence-corrected chi connectivity index (χ3v) is 2.02. The lowest BCUT2D eigenvalue weighted by Crippen LogP contribution is -2.20. The van der Waals surface area contributed by atoms with Crippen LogP contribution in [0.25, 0.3) is 0 Å². The lowest BCUT2D eigenvalue weighted by atomic mass is 10.2. The zero-order valence-corrected chi connectivity index (χ0v) is 10.0. The molecule has 13 heteroatoms. The fourth-order valence-corrected chi connectivity index (χ4v) is 1.31. The zero-order valence-electron chi connectivity index (χ0n) is 9.25. The summed E-state index contributed by atoms with van der Waals surface area (Å²) in [6.07, 6.45) is -10.8. The molecule has 1 heterocycles. The Morgan fingerprint density at radius 1 is 1.29 bits per heavy atom. The van der Waals surface area contributed by atoms with Gasteiger partial charge in [0.15, 0.2) is 0 Å². The van der Waals surface area contributed by atoms with Crippen LogP contribution in [0.3, 0.4) is 0 Å². The van der Waals surface area contributed by atoms with Crippen molar-refractivity contribution < 1.29 is 40.8 Å². The molecule has 0 atom stereocenters. The van der Waals surface area contributed by atoms with Gasteiger partial charge in [-0.1, -0.05) is 0 Å². The third-order valence-electron chi connectivity index (χ3n) is 1.84. The van der Waals surface area contributed by atoms with E-state index >= 15 is 0 Å². The smallest absolute Gasteiger partial charge is 0.398 e. The highest BCUT2D eigenvalue weighted by molar-refractivity contribution is 6.68. The Labute approximate surface area is 115 Å². The maximum atomic E-state index is 12.5. The Morgan fingerprint density at radius 2 is 1.81 bits per heavy atom. The lowest BCUT2D eigenvalue weighted by molar-refractivity contribution is -0.389. The van der Waals surface area contributed by atoms with Gasteiger partial charge in [-0.25, -0.2) is 4.98 Å². The topological polar surface area (TPSA) is 82.3 Å². The number of nitrogens with zero attached hydrogens (tertiary/aromatic N) is 2. The van der Waals surface area contributed by atoms with Crippen molar-refractivity contribution in [3.05, 3.63) is 27.6 Å². The van der Waals surface area contributed by atoms with Crippen molar-refractivity contribution in [1.82, 2.24) is 4.98 Å². The molecule has 0 aliphatic heterocycles. The number of alkyl halides is 6. The van der Waals surface area contributed by atoms with Crippen molar-refractivity contribution >= 4 is 22.5 Å². The van der Waals surface area contributed by atoms with Crippen LogP contribution in [0, 0.1) is 10.1 Å². The minimum atomic E-state index is -5.53. The molecule has 0 saturated carbocycles. The third kappa shape index (κ3) is 4.18. The van der Waals surface area contributed by atoms with Gasteiger partial charge in [0.1, 0.15) is 5.69 Å². The number of carbonyl (C=O) groups excluding carboxylic acids is 1. The van der Waals surface area contributed by atoms with Gasteiger partial charge in [-0.3, -0.25) is 14.9 Å². The molecule has 0 saturated heterocycles. The second-order valence-corrected chi connectivity index (χ2v) is 3.62. The number of halogens is 7. The minimum absolute atomic E-state index is 0.352. The summed E-state index contributed by atoms with van der Waals surface area (Å²) in [5.41, 5.74) is -5.34. The summed E-state index contributed by atoms with van der Waals surface area (Å²) in [4.78, 5) is 22.5. The summed E-state index contributed by atoms with van der Waals surface area (Å²) in [6, 6.07) is -0.352. The van der Waals surface area contributed by atoms with E-state index in [9.17, 15) is 41.3 Å². The van der Waals surface area contributed by atoms with Gasteiger partial charge in [-0.2, -0.15) is 13.2 Å². The highest BCUT2D eigenvalue weighted by Crippen LogP contribution is 2.39. The van der Waals surface area contributed by atoms with E-state index in [-0.39, 0.29) is 6.07 Å². The molecule has 0 aliphatic rings. The van der Waals surface area contributed by atoms with Gasteiger partial charge in [-0.05, 0) is 11.6 Å². The first-order chi connectivity index (χ1) is 9.33. The van der Waals surface area contributed by atoms with Gasteiger partial charge in [-0.15, -0.1) is 13.2 Å². The lowest BCUT2D eigenvalue weighted by Gasteiger charge is -2.13. The van der Waals surface area contributed by atoms with Gasteiger partial charge >= 0.3 is 18.2 Å². The Balaban J connectivity index is 3.68. The maximum Gasteiger partial charge on any atom is 0.573 e. The molecule has 1 aromatic heterocycles. The molecular weight excluding hydrogens is 338 g/mol. The van der Waals surface area contributed by atoms with Crippen LogP contribution in [0.2, 0.25) is 0 Å². The highest BCUT2D eigenvalue weighted by atomic mass is 35.5. The molecule has 0 amide bonds. The Kier molecular flexibility index (Phi) is 4.32. The molecule has 0 radical (unpaired) electrons. The second-order valence-electron chi connectivity index (χ2n) is 3.28. The fraction of sp³-hybridized carbons (Fsp3) is 0.250. The normalized spacial score (nSPS) is 12.1. The first-order valence-electron chi connectivity index (χ1n) is 4.55. The number of nitro groups is 1. The molecule has 21 heavy (non-hydrogen) atoms. The van der Waals surface area contributed by atoms with E-state index in [1.165, 1.54) is 0 Å². The number of pyridine rings is 1. The minimum Gasteiger partial charge on any atom is -0.398 e. The molecule has 0 aromatic carbocycles. The Bertz CT molecular complexity index is 600. The summed E-state index contributed by atoms with van der Waals surface area (Å²) in [7, 11) is 0. The number of ether oxygens (including phenoxy) is 1. The van der Waals surface area contributed by atoms with Crippen LogP contribution >= 0.6 is 11.6 Å². The quantitative estimate of drug-likeness (QED) is 0.365. The Morgan fingerprint density at radius 3 is 2.14 bits per heavy atom. The summed E-state index contributed by atoms with van der Waals surface area (Å²) < 4.78 is 76.7. The van der Waals surface area contributed by atoms with Crippen molar-refractivity contribution in [3.8, 4) is 5.75 Å².